The van der Waals surface area contributed by atoms with Crippen molar-refractivity contribution in [2.24, 2.45) is 5.92 Å². The van der Waals surface area contributed by atoms with Crippen molar-refractivity contribution < 1.29 is 13.9 Å². The second-order valence-electron chi connectivity index (χ2n) is 11.2. The number of halogens is 1. The number of alkyl carbamates (subject to hydrolysis) is 1. The molecule has 11 nitrogen and oxygen atoms in total. The number of hydrogen-bond acceptors (Lipinski definition) is 8. The summed E-state index contributed by atoms with van der Waals surface area (Å²) in [4.78, 5) is 26.2. The van der Waals surface area contributed by atoms with Crippen LogP contribution in [0, 0.1) is 5.92 Å². The van der Waals surface area contributed by atoms with E-state index in [2.05, 4.69) is 42.7 Å². The first-order valence-corrected chi connectivity index (χ1v) is 13.2. The molecule has 5 aliphatic rings. The van der Waals surface area contributed by atoms with Crippen LogP contribution in [0.1, 0.15) is 43.7 Å². The Labute approximate surface area is 213 Å². The van der Waals surface area contributed by atoms with Gasteiger partial charge in [-0.2, -0.15) is 10.1 Å². The molecule has 1 amide bonds. The summed E-state index contributed by atoms with van der Waals surface area (Å²) < 4.78 is 22.7. The van der Waals surface area contributed by atoms with Crippen LogP contribution in [0.2, 0.25) is 0 Å². The van der Waals surface area contributed by atoms with E-state index in [1.165, 1.54) is 0 Å². The minimum Gasteiger partial charge on any atom is -0.443 e. The maximum atomic E-state index is 15.3. The van der Waals surface area contributed by atoms with Crippen LogP contribution in [0.4, 0.5) is 26.8 Å². The van der Waals surface area contributed by atoms with Gasteiger partial charge in [0, 0.05) is 67.9 Å². The molecule has 8 rings (SSSR count). The summed E-state index contributed by atoms with van der Waals surface area (Å²) >= 11 is 0. The Hall–Kier alpha value is -3.41. The molecular formula is C25H32FN9O2. The lowest BCUT2D eigenvalue weighted by Crippen LogP contribution is -2.68. The van der Waals surface area contributed by atoms with E-state index < -0.39 is 24.3 Å². The molecular weight excluding hydrogens is 477 g/mol. The number of aromatic amines is 1. The zero-order valence-electron chi connectivity index (χ0n) is 20.9. The number of aromatic nitrogens is 5. The van der Waals surface area contributed by atoms with E-state index in [1.807, 2.05) is 22.7 Å². The predicted molar refractivity (Wildman–Crippen MR) is 135 cm³/mol. The summed E-state index contributed by atoms with van der Waals surface area (Å²) in [7, 11) is 2.12. The zero-order chi connectivity index (χ0) is 25.1. The standard InChI is InChI=1S/C25H32FN9O2/c1-33-6-8-34(9-7-33)21-11-20-27-4-5-35(20)23(29-21)28-19-10-17(31-32-19)16-2-3-18(22(16)26)37-24(36)30-25-12-15(13-25)14-25/h4-5,10-11,15-16,18,22H,2-3,6-9,12-14H2,1H3,(H,30,36)(H2,28,29,31,32)/t15?,16-,18-,22+,25?/m0/s1. The lowest BCUT2D eigenvalue weighted by atomic mass is 9.50. The topological polar surface area (TPSA) is 116 Å². The van der Waals surface area contributed by atoms with Gasteiger partial charge in [-0.3, -0.25) is 9.50 Å². The van der Waals surface area contributed by atoms with Crippen LogP contribution in [0.15, 0.2) is 24.5 Å². The van der Waals surface area contributed by atoms with E-state index in [0.29, 0.717) is 30.3 Å². The van der Waals surface area contributed by atoms with Crippen molar-refractivity contribution in [1.29, 1.82) is 0 Å². The van der Waals surface area contributed by atoms with Crippen LogP contribution < -0.4 is 15.5 Å². The summed E-state index contributed by atoms with van der Waals surface area (Å²) in [6, 6.07) is 3.80. The van der Waals surface area contributed by atoms with E-state index in [0.717, 1.165) is 62.8 Å². The van der Waals surface area contributed by atoms with E-state index in [1.54, 1.807) is 6.20 Å². The average Bonchev–Trinajstić information content (AvgIpc) is 3.57. The molecule has 3 N–H and O–H groups in total. The smallest absolute Gasteiger partial charge is 0.407 e. The molecule has 3 aromatic rings. The first kappa shape index (κ1) is 22.8. The van der Waals surface area contributed by atoms with Crippen LogP contribution in [0.5, 0.6) is 0 Å². The number of carbonyl (C=O) groups is 1. The Morgan fingerprint density at radius 3 is 2.76 bits per heavy atom. The van der Waals surface area contributed by atoms with Gasteiger partial charge in [-0.15, -0.1) is 0 Å². The number of imidazole rings is 1. The van der Waals surface area contributed by atoms with Crippen molar-refractivity contribution in [2.45, 2.75) is 55.8 Å². The summed E-state index contributed by atoms with van der Waals surface area (Å²) in [5.74, 6) is 2.35. The minimum atomic E-state index is -1.29. The second-order valence-corrected chi connectivity index (χ2v) is 11.2. The first-order chi connectivity index (χ1) is 17.9. The van der Waals surface area contributed by atoms with Crippen molar-refractivity contribution in [3.8, 4) is 0 Å². The van der Waals surface area contributed by atoms with Crippen LogP contribution in [-0.4, -0.2) is 86.6 Å². The largest absolute Gasteiger partial charge is 0.443 e. The highest BCUT2D eigenvalue weighted by atomic mass is 19.1. The van der Waals surface area contributed by atoms with Crippen molar-refractivity contribution in [3.63, 3.8) is 0 Å². The number of H-pyrrole nitrogens is 1. The molecule has 12 heteroatoms. The number of nitrogens with one attached hydrogen (secondary N) is 3. The van der Waals surface area contributed by atoms with Gasteiger partial charge in [0.25, 0.3) is 0 Å². The molecule has 2 bridgehead atoms. The minimum absolute atomic E-state index is 0.0775. The summed E-state index contributed by atoms with van der Waals surface area (Å²) in [6.45, 7) is 3.75. The Balaban J connectivity index is 1.03. The van der Waals surface area contributed by atoms with Gasteiger partial charge in [0.05, 0.1) is 0 Å². The van der Waals surface area contributed by atoms with Crippen LogP contribution in [0.3, 0.4) is 0 Å². The van der Waals surface area contributed by atoms with Gasteiger partial charge in [0.1, 0.15) is 23.7 Å². The van der Waals surface area contributed by atoms with Gasteiger partial charge in [0.15, 0.2) is 5.82 Å². The number of piperazine rings is 1. The highest BCUT2D eigenvalue weighted by Gasteiger charge is 2.58. The maximum Gasteiger partial charge on any atom is 0.407 e. The Bertz CT molecular complexity index is 1300. The second kappa shape index (κ2) is 8.57. The highest BCUT2D eigenvalue weighted by molar-refractivity contribution is 5.69. The number of hydrogen-bond donors (Lipinski definition) is 3. The Morgan fingerprint density at radius 1 is 1.19 bits per heavy atom. The van der Waals surface area contributed by atoms with Gasteiger partial charge >= 0.3 is 6.09 Å². The number of nitrogens with zero attached hydrogens (tertiary/aromatic N) is 6. The maximum absolute atomic E-state index is 15.3. The van der Waals surface area contributed by atoms with Gasteiger partial charge in [-0.1, -0.05) is 0 Å². The monoisotopic (exact) mass is 509 g/mol. The molecule has 4 aliphatic carbocycles. The molecule has 1 saturated heterocycles. The van der Waals surface area contributed by atoms with Crippen molar-refractivity contribution in [2.75, 3.05) is 43.4 Å². The number of ether oxygens (including phenoxy) is 1. The summed E-state index contributed by atoms with van der Waals surface area (Å²) in [6.07, 6.45) is 5.20. The van der Waals surface area contributed by atoms with Crippen LogP contribution >= 0.6 is 0 Å². The number of carbonyl (C=O) groups excluding carboxylic acids is 1. The number of likely N-dealkylation sites (N-methyl/N-ethyl adjacent to an activating group) is 1. The summed E-state index contributed by atoms with van der Waals surface area (Å²) in [5, 5.41) is 13.6. The Morgan fingerprint density at radius 2 is 2.00 bits per heavy atom. The molecule has 4 heterocycles. The molecule has 0 unspecified atom stereocenters. The molecule has 4 saturated carbocycles. The first-order valence-electron chi connectivity index (χ1n) is 13.2. The molecule has 3 atom stereocenters. The molecule has 196 valence electrons. The lowest BCUT2D eigenvalue weighted by Gasteiger charge is -2.61. The lowest BCUT2D eigenvalue weighted by molar-refractivity contribution is -0.0532. The number of fused-ring (bicyclic) bond motifs is 1. The fraction of sp³-hybridized carbons (Fsp3) is 0.600. The van der Waals surface area contributed by atoms with E-state index >= 15 is 4.39 Å². The number of rotatable bonds is 6. The molecule has 0 spiro atoms. The predicted octanol–water partition coefficient (Wildman–Crippen LogP) is 2.81. The van der Waals surface area contributed by atoms with Crippen molar-refractivity contribution >= 4 is 29.3 Å². The fourth-order valence-electron chi connectivity index (χ4n) is 6.29. The third-order valence-corrected chi connectivity index (χ3v) is 8.61. The number of amides is 1. The van der Waals surface area contributed by atoms with Gasteiger partial charge < -0.3 is 25.2 Å². The third-order valence-electron chi connectivity index (χ3n) is 8.61. The quantitative estimate of drug-likeness (QED) is 0.465. The number of alkyl halides is 1. The van der Waals surface area contributed by atoms with E-state index in [4.69, 9.17) is 9.72 Å². The third kappa shape index (κ3) is 4.07. The zero-order valence-corrected chi connectivity index (χ0v) is 20.9. The van der Waals surface area contributed by atoms with Crippen LogP contribution in [-0.2, 0) is 4.74 Å². The van der Waals surface area contributed by atoms with Gasteiger partial charge in [-0.05, 0) is 45.1 Å². The molecule has 37 heavy (non-hydrogen) atoms. The molecule has 0 aromatic carbocycles. The summed E-state index contributed by atoms with van der Waals surface area (Å²) in [5.41, 5.74) is 1.39. The highest BCUT2D eigenvalue weighted by Crippen LogP contribution is 2.57. The number of anilines is 3. The SMILES string of the molecule is CN1CCN(c2cc3nccn3c(Nc3cc([C@@H]4CC[C@H](OC(=O)NC56CC(C5)C6)[C@@H]4F)[nH]n3)n2)CC1. The van der Waals surface area contributed by atoms with Gasteiger partial charge in [-0.25, -0.2) is 14.2 Å². The molecule has 0 radical (unpaired) electrons. The normalized spacial score (nSPS) is 31.1. The average molecular weight is 510 g/mol. The van der Waals surface area contributed by atoms with E-state index in [-0.39, 0.29) is 5.54 Å². The fourth-order valence-corrected chi connectivity index (χ4v) is 6.29. The Kier molecular flexibility index (Phi) is 5.27. The molecule has 5 fully saturated rings. The van der Waals surface area contributed by atoms with Crippen molar-refractivity contribution in [3.05, 3.63) is 30.2 Å². The van der Waals surface area contributed by atoms with Crippen LogP contribution in [0.25, 0.3) is 5.65 Å². The van der Waals surface area contributed by atoms with Crippen molar-refractivity contribution in [1.82, 2.24) is 34.8 Å². The molecule has 1 aliphatic heterocycles. The van der Waals surface area contributed by atoms with Gasteiger partial charge in [0.2, 0.25) is 5.95 Å². The molecule has 3 aromatic heterocycles. The van der Waals surface area contributed by atoms with E-state index in [9.17, 15) is 4.79 Å².